The topological polar surface area (TPSA) is 69.6 Å². The summed E-state index contributed by atoms with van der Waals surface area (Å²) in [6.45, 7) is 10.4. The Morgan fingerprint density at radius 1 is 0.946 bits per heavy atom. The number of hydrogen-bond donors (Lipinski definition) is 1. The minimum Gasteiger partial charge on any atom is -0.364 e. The van der Waals surface area contributed by atoms with E-state index in [0.29, 0.717) is 6.73 Å². The van der Waals surface area contributed by atoms with Crippen LogP contribution in [-0.2, 0) is 16.3 Å². The number of rotatable bonds is 10. The molecule has 3 aromatic carbocycles. The Labute approximate surface area is 221 Å². The van der Waals surface area contributed by atoms with Gasteiger partial charge in [-0.2, -0.15) is 0 Å². The molecule has 0 aliphatic rings. The number of para-hydroxylation sites is 1. The third kappa shape index (κ3) is 6.58. The van der Waals surface area contributed by atoms with Crippen molar-refractivity contribution < 1.29 is 9.53 Å². The Morgan fingerprint density at radius 3 is 2.08 bits per heavy atom. The number of benzene rings is 3. The van der Waals surface area contributed by atoms with E-state index in [1.807, 2.05) is 60.8 Å². The molecular weight excluding hydrogens is 493 g/mol. The predicted octanol–water partition coefficient (Wildman–Crippen LogP) is 6.26. The molecule has 0 spiro atoms. The number of nitrogens with zero attached hydrogens (tertiary/aromatic N) is 2. The number of amides is 1. The van der Waals surface area contributed by atoms with Crippen LogP contribution < -0.4 is 16.3 Å². The van der Waals surface area contributed by atoms with Crippen molar-refractivity contribution in [1.29, 1.82) is 0 Å². The molecule has 2 N–H and O–H groups in total. The van der Waals surface area contributed by atoms with Crippen LogP contribution in [0.5, 0.6) is 0 Å². The van der Waals surface area contributed by atoms with E-state index >= 15 is 0 Å². The third-order valence-electron chi connectivity index (χ3n) is 6.42. The number of aromatic nitrogens is 1. The van der Waals surface area contributed by atoms with Crippen molar-refractivity contribution in [1.82, 2.24) is 4.57 Å². The summed E-state index contributed by atoms with van der Waals surface area (Å²) >= 11 is 0. The van der Waals surface area contributed by atoms with Gasteiger partial charge in [-0.15, -0.1) is 0 Å². The molecule has 0 bridgehead atoms. The van der Waals surface area contributed by atoms with Gasteiger partial charge in [-0.05, 0) is 35.5 Å². The molecule has 1 heterocycles. The highest BCUT2D eigenvalue weighted by molar-refractivity contribution is 7.80. The lowest BCUT2D eigenvalue weighted by molar-refractivity contribution is -0.114. The maximum Gasteiger partial charge on any atom is 0.267 e. The first-order chi connectivity index (χ1) is 17.7. The van der Waals surface area contributed by atoms with Gasteiger partial charge >= 0.3 is 0 Å². The summed E-state index contributed by atoms with van der Waals surface area (Å²) in [5, 5.41) is 3.21. The Kier molecular flexibility index (Phi) is 8.33. The van der Waals surface area contributed by atoms with Crippen LogP contribution in [0, 0.1) is 0 Å². The third-order valence-corrected chi connectivity index (χ3v) is 11.3. The molecule has 0 radical (unpaired) electrons. The van der Waals surface area contributed by atoms with Crippen molar-refractivity contribution in [2.45, 2.75) is 32.4 Å². The van der Waals surface area contributed by atoms with Gasteiger partial charge in [-0.3, -0.25) is 9.54 Å². The van der Waals surface area contributed by atoms with Gasteiger partial charge in [-0.25, -0.2) is 0 Å². The number of hydrogen-bond acceptors (Lipinski definition) is 3. The normalized spacial score (nSPS) is 12.6. The average molecular weight is 530 g/mol. The molecule has 0 saturated carbocycles. The highest BCUT2D eigenvalue weighted by Gasteiger charge is 2.21. The van der Waals surface area contributed by atoms with Crippen LogP contribution in [0.25, 0.3) is 17.0 Å². The highest BCUT2D eigenvalue weighted by Crippen LogP contribution is 2.45. The van der Waals surface area contributed by atoms with Crippen molar-refractivity contribution in [3.05, 3.63) is 102 Å². The molecule has 192 valence electrons. The first kappa shape index (κ1) is 26.9. The van der Waals surface area contributed by atoms with Gasteiger partial charge in [0.2, 0.25) is 0 Å². The first-order valence-corrected chi connectivity index (χ1v) is 18.5. The zero-order chi connectivity index (χ0) is 26.5. The zero-order valence-corrected chi connectivity index (χ0v) is 24.0. The van der Waals surface area contributed by atoms with Crippen LogP contribution in [0.1, 0.15) is 5.56 Å². The summed E-state index contributed by atoms with van der Waals surface area (Å²) in [6.07, 6.45) is 3.85. The van der Waals surface area contributed by atoms with Crippen LogP contribution in [0.4, 0.5) is 0 Å². The second-order valence-corrected chi connectivity index (χ2v) is 19.3. The number of carbonyl (C=O) groups excluding carboxylic acids is 1. The van der Waals surface area contributed by atoms with E-state index in [1.165, 1.54) is 0 Å². The Morgan fingerprint density at radius 2 is 1.51 bits per heavy atom. The molecule has 7 heteroatoms. The SMILES string of the molecule is C[Si](C)(C)CCOCn1cc(/C=C(\N=P(C)(c2ccccc2)c2ccccc2)C(N)=O)c2ccccc21. The Balaban J connectivity index is 1.79. The Hall–Kier alpha value is -3.18. The van der Waals surface area contributed by atoms with Gasteiger partial charge in [0.25, 0.3) is 5.91 Å². The largest absolute Gasteiger partial charge is 0.364 e. The Bertz CT molecular complexity index is 1410. The van der Waals surface area contributed by atoms with E-state index < -0.39 is 21.0 Å². The van der Waals surface area contributed by atoms with Crippen molar-refractivity contribution >= 4 is 48.6 Å². The van der Waals surface area contributed by atoms with Crippen LogP contribution in [0.15, 0.2) is 102 Å². The van der Waals surface area contributed by atoms with Gasteiger partial charge in [0.15, 0.2) is 0 Å². The lowest BCUT2D eigenvalue weighted by Gasteiger charge is -2.21. The average Bonchev–Trinajstić information content (AvgIpc) is 3.24. The lowest BCUT2D eigenvalue weighted by Crippen LogP contribution is -2.21. The van der Waals surface area contributed by atoms with Crippen LogP contribution in [0.3, 0.4) is 0 Å². The monoisotopic (exact) mass is 529 g/mol. The number of fused-ring (bicyclic) bond motifs is 1. The van der Waals surface area contributed by atoms with Gasteiger partial charge < -0.3 is 15.0 Å². The predicted molar refractivity (Wildman–Crippen MR) is 161 cm³/mol. The molecule has 1 amide bonds. The van der Waals surface area contributed by atoms with E-state index in [2.05, 4.69) is 67.3 Å². The van der Waals surface area contributed by atoms with Crippen molar-refractivity contribution in [3.63, 3.8) is 0 Å². The molecule has 1 aromatic heterocycles. The standard InChI is InChI=1S/C30H36N3O2PSi/c1-36(25-13-7-5-8-14-25,26-15-9-6-10-16-26)32-28(30(31)34)21-24-22-33(23-35-19-20-37(2,3)4)29-18-12-11-17-27(24)29/h5-18,21-22H,19-20,23H2,1-4H3,(H2,31,34)/b28-21-. The van der Waals surface area contributed by atoms with Crippen molar-refractivity contribution in [2.24, 2.45) is 10.5 Å². The van der Waals surface area contributed by atoms with Crippen LogP contribution in [0.2, 0.25) is 25.7 Å². The van der Waals surface area contributed by atoms with Gasteiger partial charge in [0, 0.05) is 38.9 Å². The van der Waals surface area contributed by atoms with Gasteiger partial charge in [-0.1, -0.05) is 98.5 Å². The summed E-state index contributed by atoms with van der Waals surface area (Å²) in [5.74, 6) is -0.540. The van der Waals surface area contributed by atoms with Gasteiger partial charge in [0.05, 0.1) is 5.52 Å². The summed E-state index contributed by atoms with van der Waals surface area (Å²) in [7, 11) is -3.45. The van der Waals surface area contributed by atoms with E-state index in [0.717, 1.165) is 39.7 Å². The maximum absolute atomic E-state index is 12.7. The quantitative estimate of drug-likeness (QED) is 0.114. The molecule has 4 rings (SSSR count). The van der Waals surface area contributed by atoms with E-state index in [1.54, 1.807) is 0 Å². The summed E-state index contributed by atoms with van der Waals surface area (Å²) in [4.78, 5) is 12.7. The summed E-state index contributed by atoms with van der Waals surface area (Å²) in [5.41, 5.74) is 8.14. The minimum absolute atomic E-state index is 0.270. The first-order valence-electron chi connectivity index (χ1n) is 12.6. The summed E-state index contributed by atoms with van der Waals surface area (Å²) in [6, 6.07) is 29.6. The number of primary amides is 1. The highest BCUT2D eigenvalue weighted by atomic mass is 31.2. The van der Waals surface area contributed by atoms with E-state index in [-0.39, 0.29) is 5.70 Å². The van der Waals surface area contributed by atoms with E-state index in [4.69, 9.17) is 15.2 Å². The van der Waals surface area contributed by atoms with Crippen molar-refractivity contribution in [3.8, 4) is 0 Å². The fourth-order valence-electron chi connectivity index (χ4n) is 4.25. The lowest BCUT2D eigenvalue weighted by atomic mass is 10.1. The van der Waals surface area contributed by atoms with Crippen molar-refractivity contribution in [2.75, 3.05) is 13.3 Å². The van der Waals surface area contributed by atoms with Crippen LogP contribution in [-0.4, -0.2) is 31.8 Å². The molecule has 0 unspecified atom stereocenters. The molecule has 37 heavy (non-hydrogen) atoms. The molecular formula is C30H36N3O2PSi. The minimum atomic E-state index is -2.28. The fraction of sp³-hybridized carbons (Fsp3) is 0.233. The molecule has 0 aliphatic heterocycles. The van der Waals surface area contributed by atoms with Crippen LogP contribution >= 0.6 is 7.05 Å². The molecule has 0 aliphatic carbocycles. The number of ether oxygens (including phenoxy) is 1. The molecule has 0 fully saturated rings. The van der Waals surface area contributed by atoms with Gasteiger partial charge in [0.1, 0.15) is 12.4 Å². The van der Waals surface area contributed by atoms with E-state index in [9.17, 15) is 4.79 Å². The number of carbonyl (C=O) groups is 1. The summed E-state index contributed by atoms with van der Waals surface area (Å²) < 4.78 is 13.2. The number of nitrogens with two attached hydrogens (primary N) is 1. The second kappa shape index (κ2) is 11.5. The molecule has 0 saturated heterocycles. The second-order valence-electron chi connectivity index (χ2n) is 10.5. The molecule has 0 atom stereocenters. The zero-order valence-electron chi connectivity index (χ0n) is 22.1. The molecule has 4 aromatic rings. The molecule has 5 nitrogen and oxygen atoms in total. The maximum atomic E-state index is 12.7. The fourth-order valence-corrected chi connectivity index (χ4v) is 7.63. The smallest absolute Gasteiger partial charge is 0.267 e.